The molecule has 0 aliphatic heterocycles. The third-order valence-electron chi connectivity index (χ3n) is 3.47. The number of nitrogens with one attached hydrogen (secondary N) is 3. The topological polar surface area (TPSA) is 73.5 Å². The molecule has 0 aliphatic carbocycles. The first-order chi connectivity index (χ1) is 11.6. The number of nitrogens with zero attached hydrogens (tertiary/aromatic N) is 1. The highest BCUT2D eigenvalue weighted by atomic mass is 16.2. The van der Waals surface area contributed by atoms with Gasteiger partial charge in [0.15, 0.2) is 0 Å². The third-order valence-corrected chi connectivity index (χ3v) is 3.47. The highest BCUT2D eigenvalue weighted by molar-refractivity contribution is 5.95. The normalized spacial score (nSPS) is 9.92. The van der Waals surface area contributed by atoms with E-state index >= 15 is 0 Å². The molecule has 0 bridgehead atoms. The second kappa shape index (κ2) is 8.57. The Morgan fingerprint density at radius 2 is 1.62 bits per heavy atom. The van der Waals surface area contributed by atoms with Gasteiger partial charge in [-0.15, -0.1) is 0 Å². The minimum absolute atomic E-state index is 0.113. The fraction of sp³-hybridized carbons (Fsp3) is 0.222. The van der Waals surface area contributed by atoms with Crippen LogP contribution in [0.4, 0.5) is 21.9 Å². The predicted octanol–water partition coefficient (Wildman–Crippen LogP) is 2.90. The van der Waals surface area contributed by atoms with E-state index in [1.165, 1.54) is 0 Å². The lowest BCUT2D eigenvalue weighted by molar-refractivity contribution is -0.115. The quantitative estimate of drug-likeness (QED) is 0.764. The maximum Gasteiger partial charge on any atom is 0.318 e. The van der Waals surface area contributed by atoms with Crippen molar-refractivity contribution in [3.63, 3.8) is 0 Å². The Balaban J connectivity index is 1.99. The predicted molar refractivity (Wildman–Crippen MR) is 97.5 cm³/mol. The van der Waals surface area contributed by atoms with Gasteiger partial charge in [0.25, 0.3) is 0 Å². The molecule has 2 aromatic carbocycles. The Bertz CT molecular complexity index is 688. The van der Waals surface area contributed by atoms with Gasteiger partial charge in [-0.25, -0.2) is 4.79 Å². The van der Waals surface area contributed by atoms with Crippen LogP contribution in [0, 0.1) is 0 Å². The van der Waals surface area contributed by atoms with Crippen molar-refractivity contribution in [1.82, 2.24) is 5.32 Å². The van der Waals surface area contributed by atoms with Crippen molar-refractivity contribution >= 4 is 29.0 Å². The van der Waals surface area contributed by atoms with Crippen LogP contribution < -0.4 is 20.9 Å². The zero-order valence-electron chi connectivity index (χ0n) is 13.9. The summed E-state index contributed by atoms with van der Waals surface area (Å²) in [5.74, 6) is -0.113. The summed E-state index contributed by atoms with van der Waals surface area (Å²) in [5.41, 5.74) is 2.26. The number of para-hydroxylation sites is 1. The Hall–Kier alpha value is -3.02. The monoisotopic (exact) mass is 326 g/mol. The molecule has 6 heteroatoms. The molecule has 3 amide bonds. The standard InChI is InChI=1S/C18H22N4O2/c1-3-22(16-10-5-4-6-11-16)13-17(23)20-14-8-7-9-15(12-14)21-18(24)19-2/h4-12H,3,13H2,1-2H3,(H,20,23)(H2,19,21,24). The largest absolute Gasteiger partial charge is 0.362 e. The first-order valence-electron chi connectivity index (χ1n) is 7.81. The van der Waals surface area contributed by atoms with Crippen LogP contribution in [0.25, 0.3) is 0 Å². The lowest BCUT2D eigenvalue weighted by atomic mass is 10.2. The van der Waals surface area contributed by atoms with Gasteiger partial charge in [-0.05, 0) is 37.3 Å². The molecule has 2 aromatic rings. The summed E-state index contributed by atoms with van der Waals surface area (Å²) in [7, 11) is 1.55. The van der Waals surface area contributed by atoms with Crippen molar-refractivity contribution in [2.24, 2.45) is 0 Å². The fourth-order valence-electron chi connectivity index (χ4n) is 2.27. The molecule has 0 atom stereocenters. The van der Waals surface area contributed by atoms with Crippen LogP contribution in [0.5, 0.6) is 0 Å². The summed E-state index contributed by atoms with van der Waals surface area (Å²) < 4.78 is 0. The average molecular weight is 326 g/mol. The van der Waals surface area contributed by atoms with Gasteiger partial charge in [0, 0.05) is 30.7 Å². The van der Waals surface area contributed by atoms with Crippen LogP contribution in [-0.2, 0) is 4.79 Å². The van der Waals surface area contributed by atoms with E-state index in [0.717, 1.165) is 12.2 Å². The van der Waals surface area contributed by atoms with Gasteiger partial charge < -0.3 is 20.9 Å². The molecule has 0 unspecified atom stereocenters. The van der Waals surface area contributed by atoms with Crippen LogP contribution in [0.1, 0.15) is 6.92 Å². The zero-order valence-corrected chi connectivity index (χ0v) is 13.9. The smallest absolute Gasteiger partial charge is 0.318 e. The summed E-state index contributed by atoms with van der Waals surface area (Å²) in [6, 6.07) is 16.5. The molecule has 0 saturated heterocycles. The molecular formula is C18H22N4O2. The van der Waals surface area contributed by atoms with Crippen molar-refractivity contribution in [3.05, 3.63) is 54.6 Å². The minimum Gasteiger partial charge on any atom is -0.362 e. The van der Waals surface area contributed by atoms with E-state index in [0.29, 0.717) is 11.4 Å². The molecule has 2 rings (SSSR count). The molecule has 126 valence electrons. The van der Waals surface area contributed by atoms with E-state index in [9.17, 15) is 9.59 Å². The molecule has 3 N–H and O–H groups in total. The molecule has 0 spiro atoms. The van der Waals surface area contributed by atoms with Crippen molar-refractivity contribution in [3.8, 4) is 0 Å². The Morgan fingerprint density at radius 3 is 2.25 bits per heavy atom. The lowest BCUT2D eigenvalue weighted by Crippen LogP contribution is -2.33. The van der Waals surface area contributed by atoms with Crippen molar-refractivity contribution in [2.75, 3.05) is 35.7 Å². The summed E-state index contributed by atoms with van der Waals surface area (Å²) >= 11 is 0. The number of anilines is 3. The SMILES string of the molecule is CCN(CC(=O)Nc1cccc(NC(=O)NC)c1)c1ccccc1. The van der Waals surface area contributed by atoms with E-state index < -0.39 is 0 Å². The van der Waals surface area contributed by atoms with Gasteiger partial charge in [0.05, 0.1) is 6.54 Å². The van der Waals surface area contributed by atoms with Gasteiger partial charge in [-0.1, -0.05) is 24.3 Å². The van der Waals surface area contributed by atoms with Crippen LogP contribution in [0.2, 0.25) is 0 Å². The number of benzene rings is 2. The number of hydrogen-bond acceptors (Lipinski definition) is 3. The molecular weight excluding hydrogens is 304 g/mol. The van der Waals surface area contributed by atoms with Crippen molar-refractivity contribution < 1.29 is 9.59 Å². The minimum atomic E-state index is -0.306. The molecule has 0 aliphatic rings. The van der Waals surface area contributed by atoms with E-state index in [2.05, 4.69) is 16.0 Å². The molecule has 24 heavy (non-hydrogen) atoms. The maximum absolute atomic E-state index is 12.3. The first kappa shape index (κ1) is 17.3. The summed E-state index contributed by atoms with van der Waals surface area (Å²) in [6.07, 6.45) is 0. The molecule has 0 saturated carbocycles. The number of rotatable bonds is 6. The number of carbonyl (C=O) groups excluding carboxylic acids is 2. The molecule has 0 aromatic heterocycles. The number of amides is 3. The highest BCUT2D eigenvalue weighted by Crippen LogP contribution is 2.16. The molecule has 0 heterocycles. The average Bonchev–Trinajstić information content (AvgIpc) is 2.60. The third kappa shape index (κ3) is 5.01. The summed E-state index contributed by atoms with van der Waals surface area (Å²) in [6.45, 7) is 3.00. The summed E-state index contributed by atoms with van der Waals surface area (Å²) in [4.78, 5) is 25.6. The van der Waals surface area contributed by atoms with Crippen LogP contribution in [0.15, 0.2) is 54.6 Å². The number of carbonyl (C=O) groups is 2. The van der Waals surface area contributed by atoms with Crippen LogP contribution in [-0.4, -0.2) is 32.1 Å². The van der Waals surface area contributed by atoms with Crippen LogP contribution >= 0.6 is 0 Å². The number of urea groups is 1. The van der Waals surface area contributed by atoms with Gasteiger partial charge in [-0.3, -0.25) is 4.79 Å². The lowest BCUT2D eigenvalue weighted by Gasteiger charge is -2.22. The zero-order chi connectivity index (χ0) is 17.4. The highest BCUT2D eigenvalue weighted by Gasteiger charge is 2.10. The molecule has 0 radical (unpaired) electrons. The second-order valence-corrected chi connectivity index (χ2v) is 5.18. The second-order valence-electron chi connectivity index (χ2n) is 5.18. The van der Waals surface area contributed by atoms with Gasteiger partial charge in [0.2, 0.25) is 5.91 Å². The van der Waals surface area contributed by atoms with Crippen molar-refractivity contribution in [2.45, 2.75) is 6.92 Å². The Kier molecular flexibility index (Phi) is 6.19. The number of likely N-dealkylation sites (N-methyl/N-ethyl adjacent to an activating group) is 1. The number of hydrogen-bond donors (Lipinski definition) is 3. The molecule has 0 fully saturated rings. The first-order valence-corrected chi connectivity index (χ1v) is 7.81. The van der Waals surface area contributed by atoms with Crippen molar-refractivity contribution in [1.29, 1.82) is 0 Å². The fourth-order valence-corrected chi connectivity index (χ4v) is 2.27. The van der Waals surface area contributed by atoms with Gasteiger partial charge in [-0.2, -0.15) is 0 Å². The van der Waals surface area contributed by atoms with Gasteiger partial charge >= 0.3 is 6.03 Å². The Labute approximate surface area is 141 Å². The Morgan fingerprint density at radius 1 is 0.958 bits per heavy atom. The van der Waals surface area contributed by atoms with E-state index in [-0.39, 0.29) is 18.5 Å². The van der Waals surface area contributed by atoms with E-state index in [4.69, 9.17) is 0 Å². The van der Waals surface area contributed by atoms with E-state index in [1.54, 1.807) is 31.3 Å². The van der Waals surface area contributed by atoms with E-state index in [1.807, 2.05) is 42.2 Å². The maximum atomic E-state index is 12.3. The summed E-state index contributed by atoms with van der Waals surface area (Å²) in [5, 5.41) is 8.01. The van der Waals surface area contributed by atoms with Gasteiger partial charge in [0.1, 0.15) is 0 Å². The molecule has 6 nitrogen and oxygen atoms in total. The van der Waals surface area contributed by atoms with Crippen LogP contribution in [0.3, 0.4) is 0 Å².